The van der Waals surface area contributed by atoms with Crippen LogP contribution in [0, 0.1) is 12.7 Å². The number of likely N-dealkylation sites (N-methyl/N-ethyl adjacent to an activating group) is 1. The van der Waals surface area contributed by atoms with Gasteiger partial charge in [0.2, 0.25) is 0 Å². The van der Waals surface area contributed by atoms with Crippen molar-refractivity contribution in [3.8, 4) is 0 Å². The number of nitrogens with zero attached hydrogens (tertiary/aromatic N) is 4. The van der Waals surface area contributed by atoms with Crippen LogP contribution < -0.4 is 4.90 Å². The number of aliphatic imine (C=N–C) groups is 1. The van der Waals surface area contributed by atoms with Crippen molar-refractivity contribution in [2.24, 2.45) is 4.99 Å². The van der Waals surface area contributed by atoms with Crippen molar-refractivity contribution in [2.45, 2.75) is 17.9 Å². The van der Waals surface area contributed by atoms with Gasteiger partial charge in [-0.05, 0) is 14.0 Å². The highest BCUT2D eigenvalue weighted by molar-refractivity contribution is 7.99. The molecular weight excluding hydrogens is 347 g/mol. The second-order valence-electron chi connectivity index (χ2n) is 6.64. The SMILES string of the molecule is C=C1N=C2c3c(c(F)c(C)c(Cl)c3N1C)SCC1CN(C)CCN21. The molecule has 1 aromatic rings. The van der Waals surface area contributed by atoms with Crippen LogP contribution in [-0.2, 0) is 0 Å². The van der Waals surface area contributed by atoms with Crippen LogP contribution >= 0.6 is 23.4 Å². The van der Waals surface area contributed by atoms with Crippen LogP contribution in [0.1, 0.15) is 11.1 Å². The normalized spacial score (nSPS) is 23.6. The van der Waals surface area contributed by atoms with E-state index in [4.69, 9.17) is 16.6 Å². The van der Waals surface area contributed by atoms with Crippen molar-refractivity contribution in [2.75, 3.05) is 44.4 Å². The molecule has 0 N–H and O–H groups in total. The Balaban J connectivity index is 1.98. The standard InChI is InChI=1S/C17H20ClFN4S/c1-9-13(18)15-12-16(14(9)19)24-8-11-7-21(3)5-6-23(11)17(12)20-10(2)22(15)4/h11H,2,5-8H2,1,3-4H3. The van der Waals surface area contributed by atoms with E-state index in [0.717, 1.165) is 42.5 Å². The summed E-state index contributed by atoms with van der Waals surface area (Å²) in [5, 5.41) is 0.454. The van der Waals surface area contributed by atoms with E-state index < -0.39 is 0 Å². The van der Waals surface area contributed by atoms with Crippen LogP contribution in [0.5, 0.6) is 0 Å². The van der Waals surface area contributed by atoms with Crippen LogP contribution in [0.3, 0.4) is 0 Å². The minimum atomic E-state index is -0.217. The van der Waals surface area contributed by atoms with Crippen LogP contribution in [0.2, 0.25) is 5.02 Å². The third-order valence-corrected chi connectivity index (χ3v) is 6.77. The third-order valence-electron chi connectivity index (χ3n) is 5.09. The van der Waals surface area contributed by atoms with E-state index in [2.05, 4.69) is 23.4 Å². The van der Waals surface area contributed by atoms with Gasteiger partial charge in [-0.2, -0.15) is 0 Å². The molecule has 0 saturated carbocycles. The summed E-state index contributed by atoms with van der Waals surface area (Å²) in [7, 11) is 4.01. The number of piperazine rings is 1. The van der Waals surface area contributed by atoms with E-state index in [0.29, 0.717) is 27.3 Å². The van der Waals surface area contributed by atoms with Gasteiger partial charge in [-0.15, -0.1) is 11.8 Å². The highest BCUT2D eigenvalue weighted by Gasteiger charge is 2.39. The summed E-state index contributed by atoms with van der Waals surface area (Å²) in [6.07, 6.45) is 0. The second kappa shape index (κ2) is 5.64. The number of halogens is 2. The zero-order valence-electron chi connectivity index (χ0n) is 14.1. The molecule has 7 heteroatoms. The van der Waals surface area contributed by atoms with Gasteiger partial charge in [0.25, 0.3) is 0 Å². The first-order valence-corrected chi connectivity index (χ1v) is 9.37. The third kappa shape index (κ3) is 2.20. The highest BCUT2D eigenvalue weighted by atomic mass is 35.5. The van der Waals surface area contributed by atoms with Crippen molar-refractivity contribution in [1.29, 1.82) is 0 Å². The molecule has 0 aliphatic carbocycles. The Morgan fingerprint density at radius 2 is 2.08 bits per heavy atom. The molecule has 0 bridgehead atoms. The zero-order valence-corrected chi connectivity index (χ0v) is 15.6. The molecule has 1 saturated heterocycles. The molecule has 0 amide bonds. The van der Waals surface area contributed by atoms with E-state index in [9.17, 15) is 4.39 Å². The average Bonchev–Trinajstić information content (AvgIpc) is 2.70. The molecule has 128 valence electrons. The molecule has 4 rings (SSSR count). The lowest BCUT2D eigenvalue weighted by Gasteiger charge is -2.42. The number of anilines is 1. The summed E-state index contributed by atoms with van der Waals surface area (Å²) >= 11 is 8.11. The van der Waals surface area contributed by atoms with Gasteiger partial charge < -0.3 is 14.7 Å². The van der Waals surface area contributed by atoms with Gasteiger partial charge in [0.15, 0.2) is 0 Å². The summed E-state index contributed by atoms with van der Waals surface area (Å²) in [6, 6.07) is 0.308. The Morgan fingerprint density at radius 1 is 1.33 bits per heavy atom. The summed E-state index contributed by atoms with van der Waals surface area (Å²) in [5.74, 6) is 2.09. The molecule has 1 fully saturated rings. The molecule has 0 spiro atoms. The number of thioether (sulfide) groups is 1. The first-order chi connectivity index (χ1) is 11.4. The van der Waals surface area contributed by atoms with Crippen molar-refractivity contribution >= 4 is 34.9 Å². The fraction of sp³-hybridized carbons (Fsp3) is 0.471. The quantitative estimate of drug-likeness (QED) is 0.703. The maximum atomic E-state index is 15.0. The first kappa shape index (κ1) is 16.2. The lowest BCUT2D eigenvalue weighted by Crippen LogP contribution is -2.55. The largest absolute Gasteiger partial charge is 0.350 e. The summed E-state index contributed by atoms with van der Waals surface area (Å²) < 4.78 is 15.0. The lowest BCUT2D eigenvalue weighted by atomic mass is 10.0. The predicted molar refractivity (Wildman–Crippen MR) is 98.9 cm³/mol. The van der Waals surface area contributed by atoms with Gasteiger partial charge in [0.1, 0.15) is 17.5 Å². The second-order valence-corrected chi connectivity index (χ2v) is 8.05. The molecular formula is C17H20ClFN4S. The monoisotopic (exact) mass is 366 g/mol. The predicted octanol–water partition coefficient (Wildman–Crippen LogP) is 3.18. The minimum absolute atomic E-state index is 0.217. The van der Waals surface area contributed by atoms with Crippen molar-refractivity contribution in [3.05, 3.63) is 34.4 Å². The Hall–Kier alpha value is -1.24. The summed E-state index contributed by atoms with van der Waals surface area (Å²) in [4.78, 5) is 11.9. The topological polar surface area (TPSA) is 22.1 Å². The molecule has 4 nitrogen and oxygen atoms in total. The molecule has 1 unspecified atom stereocenters. The fourth-order valence-electron chi connectivity index (χ4n) is 3.63. The van der Waals surface area contributed by atoms with Crippen LogP contribution in [0.25, 0.3) is 0 Å². The van der Waals surface area contributed by atoms with Gasteiger partial charge in [0.05, 0.1) is 27.2 Å². The van der Waals surface area contributed by atoms with Gasteiger partial charge >= 0.3 is 0 Å². The summed E-state index contributed by atoms with van der Waals surface area (Å²) in [5.41, 5.74) is 2.15. The first-order valence-electron chi connectivity index (χ1n) is 8.01. The van der Waals surface area contributed by atoms with Crippen molar-refractivity contribution < 1.29 is 4.39 Å². The van der Waals surface area contributed by atoms with E-state index in [1.54, 1.807) is 18.7 Å². The van der Waals surface area contributed by atoms with Gasteiger partial charge in [-0.1, -0.05) is 18.2 Å². The molecule has 1 aromatic carbocycles. The van der Waals surface area contributed by atoms with E-state index >= 15 is 0 Å². The Kier molecular flexibility index (Phi) is 3.82. The van der Waals surface area contributed by atoms with E-state index in [1.165, 1.54) is 0 Å². The molecule has 3 heterocycles. The maximum Gasteiger partial charge on any atom is 0.142 e. The van der Waals surface area contributed by atoms with Crippen LogP contribution in [0.15, 0.2) is 22.3 Å². The Morgan fingerprint density at radius 3 is 2.83 bits per heavy atom. The number of hydrogen-bond donors (Lipinski definition) is 0. The van der Waals surface area contributed by atoms with Gasteiger partial charge in [0, 0.05) is 38.0 Å². The molecule has 24 heavy (non-hydrogen) atoms. The number of fused-ring (bicyclic) bond motifs is 2. The smallest absolute Gasteiger partial charge is 0.142 e. The minimum Gasteiger partial charge on any atom is -0.350 e. The van der Waals surface area contributed by atoms with E-state index in [-0.39, 0.29) is 5.82 Å². The molecule has 1 atom stereocenters. The van der Waals surface area contributed by atoms with Crippen molar-refractivity contribution in [1.82, 2.24) is 9.80 Å². The highest BCUT2D eigenvalue weighted by Crippen LogP contribution is 2.47. The number of hydrogen-bond acceptors (Lipinski definition) is 5. The molecule has 3 aliphatic heterocycles. The average molecular weight is 367 g/mol. The zero-order chi connectivity index (χ0) is 17.2. The fourth-order valence-corrected chi connectivity index (χ4v) is 5.19. The number of amidine groups is 1. The van der Waals surface area contributed by atoms with Gasteiger partial charge in [-0.25, -0.2) is 9.38 Å². The van der Waals surface area contributed by atoms with Crippen LogP contribution in [-0.4, -0.2) is 61.2 Å². The Labute approximate surface area is 151 Å². The van der Waals surface area contributed by atoms with E-state index in [1.807, 2.05) is 11.9 Å². The molecule has 0 radical (unpaired) electrons. The maximum absolute atomic E-state index is 15.0. The number of rotatable bonds is 0. The lowest BCUT2D eigenvalue weighted by molar-refractivity contribution is 0.165. The van der Waals surface area contributed by atoms with Gasteiger partial charge in [-0.3, -0.25) is 0 Å². The molecule has 3 aliphatic rings. The Bertz CT molecular complexity index is 779. The molecule has 0 aromatic heterocycles. The van der Waals surface area contributed by atoms with Crippen LogP contribution in [0.4, 0.5) is 10.1 Å². The van der Waals surface area contributed by atoms with Crippen molar-refractivity contribution in [3.63, 3.8) is 0 Å². The number of benzene rings is 1. The summed E-state index contributed by atoms with van der Waals surface area (Å²) in [6.45, 7) is 8.60.